The van der Waals surface area contributed by atoms with E-state index in [1.165, 1.54) is 0 Å². The van der Waals surface area contributed by atoms with Gasteiger partial charge in [-0.05, 0) is 38.7 Å². The summed E-state index contributed by atoms with van der Waals surface area (Å²) in [5.41, 5.74) is 1.55. The molecule has 2 aromatic heterocycles. The second-order valence-corrected chi connectivity index (χ2v) is 8.01. The molecule has 0 unspecified atom stereocenters. The zero-order chi connectivity index (χ0) is 20.8. The number of alkyl halides is 3. The van der Waals surface area contributed by atoms with Crippen molar-refractivity contribution in [1.82, 2.24) is 24.5 Å². The van der Waals surface area contributed by atoms with Crippen molar-refractivity contribution in [1.29, 1.82) is 0 Å². The monoisotopic (exact) mass is 410 g/mol. The van der Waals surface area contributed by atoms with E-state index < -0.39 is 12.2 Å². The van der Waals surface area contributed by atoms with Crippen LogP contribution in [0.3, 0.4) is 0 Å². The summed E-state index contributed by atoms with van der Waals surface area (Å²) >= 11 is 0. The van der Waals surface area contributed by atoms with Crippen LogP contribution in [-0.2, 0) is 11.3 Å². The highest BCUT2D eigenvalue weighted by atomic mass is 19.4. The van der Waals surface area contributed by atoms with Crippen LogP contribution in [0.4, 0.5) is 19.0 Å². The number of aryl methyl sites for hydroxylation is 2. The van der Waals surface area contributed by atoms with Gasteiger partial charge < -0.3 is 10.2 Å². The second kappa shape index (κ2) is 7.38. The van der Waals surface area contributed by atoms with Gasteiger partial charge in [-0.15, -0.1) is 0 Å². The lowest BCUT2D eigenvalue weighted by atomic mass is 10.1. The van der Waals surface area contributed by atoms with Gasteiger partial charge in [0.25, 0.3) is 0 Å². The normalized spacial score (nSPS) is 24.4. The molecule has 0 saturated carbocycles. The number of carbonyl (C=O) groups excluding carboxylic acids is 1. The van der Waals surface area contributed by atoms with Crippen molar-refractivity contribution in [3.05, 3.63) is 29.7 Å². The summed E-state index contributed by atoms with van der Waals surface area (Å²) in [7, 11) is 0. The van der Waals surface area contributed by atoms with Gasteiger partial charge in [-0.2, -0.15) is 23.4 Å². The zero-order valence-corrected chi connectivity index (χ0v) is 16.5. The van der Waals surface area contributed by atoms with E-state index in [-0.39, 0.29) is 24.4 Å². The molecule has 158 valence electrons. The summed E-state index contributed by atoms with van der Waals surface area (Å²) in [6.07, 6.45) is 1.01. The largest absolute Gasteiger partial charge is 0.410 e. The van der Waals surface area contributed by atoms with E-state index in [4.69, 9.17) is 0 Å². The maximum absolute atomic E-state index is 13.5. The SMILES string of the molecule is Cc1cnn(CCC(=O)N2CCC[C@@H]2c2cc3n(n2)[C@@H](C(F)(F)F)C[C@@H](C)N3)c1. The second-order valence-electron chi connectivity index (χ2n) is 8.01. The van der Waals surface area contributed by atoms with Crippen molar-refractivity contribution in [2.45, 2.75) is 70.4 Å². The Balaban J connectivity index is 1.51. The van der Waals surface area contributed by atoms with Gasteiger partial charge in [0.15, 0.2) is 6.04 Å². The number of amides is 1. The Kier molecular flexibility index (Phi) is 5.04. The molecule has 1 fully saturated rings. The van der Waals surface area contributed by atoms with Gasteiger partial charge in [-0.25, -0.2) is 4.68 Å². The van der Waals surface area contributed by atoms with Gasteiger partial charge >= 0.3 is 6.18 Å². The van der Waals surface area contributed by atoms with Gasteiger partial charge in [0.1, 0.15) is 5.82 Å². The van der Waals surface area contributed by atoms with Crippen LogP contribution in [0.5, 0.6) is 0 Å². The molecule has 2 aromatic rings. The third-order valence-corrected chi connectivity index (χ3v) is 5.63. The molecule has 7 nitrogen and oxygen atoms in total. The average molecular weight is 410 g/mol. The first-order valence-corrected chi connectivity index (χ1v) is 9.93. The lowest BCUT2D eigenvalue weighted by Gasteiger charge is -2.31. The molecular formula is C19H25F3N6O. The van der Waals surface area contributed by atoms with Crippen molar-refractivity contribution >= 4 is 11.7 Å². The Morgan fingerprint density at radius 1 is 1.38 bits per heavy atom. The Labute approximate surface area is 166 Å². The number of nitrogens with zero attached hydrogens (tertiary/aromatic N) is 5. The Morgan fingerprint density at radius 2 is 2.17 bits per heavy atom. The highest BCUT2D eigenvalue weighted by molar-refractivity contribution is 5.77. The van der Waals surface area contributed by atoms with E-state index >= 15 is 0 Å². The van der Waals surface area contributed by atoms with Crippen LogP contribution in [-0.4, -0.2) is 49.1 Å². The predicted octanol–water partition coefficient (Wildman–Crippen LogP) is 3.45. The fourth-order valence-electron chi connectivity index (χ4n) is 4.26. The van der Waals surface area contributed by atoms with Gasteiger partial charge in [0.2, 0.25) is 5.91 Å². The third kappa shape index (κ3) is 3.97. The quantitative estimate of drug-likeness (QED) is 0.838. The molecule has 1 saturated heterocycles. The fourth-order valence-corrected chi connectivity index (χ4v) is 4.26. The van der Waals surface area contributed by atoms with Crippen LogP contribution in [0, 0.1) is 6.92 Å². The van der Waals surface area contributed by atoms with Crippen molar-refractivity contribution < 1.29 is 18.0 Å². The van der Waals surface area contributed by atoms with Crippen LogP contribution in [0.15, 0.2) is 18.5 Å². The van der Waals surface area contributed by atoms with Crippen LogP contribution >= 0.6 is 0 Å². The number of aromatic nitrogens is 4. The van der Waals surface area contributed by atoms with Crippen molar-refractivity contribution in [3.63, 3.8) is 0 Å². The minimum atomic E-state index is -4.36. The number of halogens is 3. The summed E-state index contributed by atoms with van der Waals surface area (Å²) in [5.74, 6) is 0.340. The predicted molar refractivity (Wildman–Crippen MR) is 100 cm³/mol. The minimum Gasteiger partial charge on any atom is -0.368 e. The molecular weight excluding hydrogens is 385 g/mol. The molecule has 29 heavy (non-hydrogen) atoms. The number of carbonyl (C=O) groups is 1. The summed E-state index contributed by atoms with van der Waals surface area (Å²) < 4.78 is 43.2. The van der Waals surface area contributed by atoms with E-state index in [0.29, 0.717) is 37.4 Å². The molecule has 0 radical (unpaired) electrons. The number of rotatable bonds is 4. The smallest absolute Gasteiger partial charge is 0.368 e. The first-order valence-electron chi connectivity index (χ1n) is 9.93. The summed E-state index contributed by atoms with van der Waals surface area (Å²) in [6.45, 7) is 4.74. The lowest BCUT2D eigenvalue weighted by molar-refractivity contribution is -0.173. The first kappa shape index (κ1) is 19.8. The maximum Gasteiger partial charge on any atom is 0.410 e. The zero-order valence-electron chi connectivity index (χ0n) is 16.5. The summed E-state index contributed by atoms with van der Waals surface area (Å²) in [4.78, 5) is 14.5. The van der Waals surface area contributed by atoms with Gasteiger partial charge in [-0.3, -0.25) is 9.48 Å². The molecule has 3 atom stereocenters. The van der Waals surface area contributed by atoms with E-state index in [1.807, 2.05) is 13.1 Å². The van der Waals surface area contributed by atoms with E-state index in [2.05, 4.69) is 15.5 Å². The van der Waals surface area contributed by atoms with Crippen molar-refractivity contribution in [2.75, 3.05) is 11.9 Å². The molecule has 2 aliphatic rings. The standard InChI is InChI=1S/C19H25F3N6O/c1-12-10-23-26(11-12)7-5-18(29)27-6-3-4-15(27)14-9-17-24-13(2)8-16(19(20,21)22)28(17)25-14/h9-11,13,15-16,24H,3-8H2,1-2H3/t13-,15-,16-/m1/s1. The molecule has 0 aromatic carbocycles. The van der Waals surface area contributed by atoms with Crippen LogP contribution in [0.1, 0.15) is 55.9 Å². The number of anilines is 1. The van der Waals surface area contributed by atoms with E-state index in [1.54, 1.807) is 28.8 Å². The van der Waals surface area contributed by atoms with Crippen LogP contribution in [0.25, 0.3) is 0 Å². The molecule has 4 heterocycles. The Bertz CT molecular complexity index is 889. The van der Waals surface area contributed by atoms with E-state index in [9.17, 15) is 18.0 Å². The van der Waals surface area contributed by atoms with Crippen molar-refractivity contribution in [2.24, 2.45) is 0 Å². The molecule has 0 spiro atoms. The van der Waals surface area contributed by atoms with Crippen LogP contribution in [0.2, 0.25) is 0 Å². The number of hydrogen-bond donors (Lipinski definition) is 1. The molecule has 0 bridgehead atoms. The summed E-state index contributed by atoms with van der Waals surface area (Å²) in [6, 6.07) is -0.554. The number of likely N-dealkylation sites (tertiary alicyclic amines) is 1. The molecule has 4 rings (SSSR count). The number of hydrogen-bond acceptors (Lipinski definition) is 4. The lowest BCUT2D eigenvalue weighted by Crippen LogP contribution is -2.38. The van der Waals surface area contributed by atoms with Gasteiger partial charge in [-0.1, -0.05) is 0 Å². The third-order valence-electron chi connectivity index (χ3n) is 5.63. The van der Waals surface area contributed by atoms with Crippen molar-refractivity contribution in [3.8, 4) is 0 Å². The van der Waals surface area contributed by atoms with E-state index in [0.717, 1.165) is 16.7 Å². The Morgan fingerprint density at radius 3 is 2.86 bits per heavy atom. The first-order chi connectivity index (χ1) is 13.7. The maximum atomic E-state index is 13.5. The molecule has 1 N–H and O–H groups in total. The highest BCUT2D eigenvalue weighted by Crippen LogP contribution is 2.41. The van der Waals surface area contributed by atoms with Gasteiger partial charge in [0, 0.05) is 37.8 Å². The number of fused-ring (bicyclic) bond motifs is 1. The molecule has 1 amide bonds. The number of nitrogens with one attached hydrogen (secondary N) is 1. The summed E-state index contributed by atoms with van der Waals surface area (Å²) in [5, 5.41) is 11.6. The molecule has 10 heteroatoms. The Hall–Kier alpha value is -2.52. The van der Waals surface area contributed by atoms with Crippen LogP contribution < -0.4 is 5.32 Å². The highest BCUT2D eigenvalue weighted by Gasteiger charge is 2.46. The molecule has 0 aliphatic carbocycles. The van der Waals surface area contributed by atoms with Gasteiger partial charge in [0.05, 0.1) is 17.9 Å². The molecule has 2 aliphatic heterocycles. The minimum absolute atomic E-state index is 0.0275. The topological polar surface area (TPSA) is 68.0 Å². The fraction of sp³-hybridized carbons (Fsp3) is 0.632. The average Bonchev–Trinajstić information content (AvgIpc) is 3.36.